The molecule has 0 saturated heterocycles. The fourth-order valence-corrected chi connectivity index (χ4v) is 4.10. The molecule has 1 spiro atoms. The number of methoxy groups -OCH3 is 1. The average Bonchev–Trinajstić information content (AvgIpc) is 2.53. The minimum Gasteiger partial charge on any atom is -0.497 e. The van der Waals surface area contributed by atoms with Crippen molar-refractivity contribution in [2.75, 3.05) is 14.2 Å². The summed E-state index contributed by atoms with van der Waals surface area (Å²) in [5.41, 5.74) is 1.27. The highest BCUT2D eigenvalue weighted by Gasteiger charge is 2.43. The Kier molecular flexibility index (Phi) is 4.12. The molecule has 3 nitrogen and oxygen atoms in total. The molecule has 0 amide bonds. The monoisotopic (exact) mass is 289 g/mol. The Morgan fingerprint density at radius 2 is 2.24 bits per heavy atom. The maximum absolute atomic E-state index is 6.53. The van der Waals surface area contributed by atoms with E-state index in [1.165, 1.54) is 37.7 Å². The largest absolute Gasteiger partial charge is 0.497 e. The summed E-state index contributed by atoms with van der Waals surface area (Å²) >= 11 is 0. The predicted molar refractivity (Wildman–Crippen MR) is 85.0 cm³/mol. The van der Waals surface area contributed by atoms with Crippen LogP contribution in [0.4, 0.5) is 0 Å². The van der Waals surface area contributed by atoms with Gasteiger partial charge in [-0.25, -0.2) is 0 Å². The van der Waals surface area contributed by atoms with Gasteiger partial charge in [-0.1, -0.05) is 19.8 Å². The molecule has 0 radical (unpaired) electrons. The number of rotatable bonds is 3. The van der Waals surface area contributed by atoms with E-state index in [0.29, 0.717) is 6.04 Å². The molecule has 1 saturated carbocycles. The number of ether oxygens (including phenoxy) is 2. The van der Waals surface area contributed by atoms with E-state index in [4.69, 9.17) is 9.47 Å². The van der Waals surface area contributed by atoms with Gasteiger partial charge in [-0.3, -0.25) is 0 Å². The van der Waals surface area contributed by atoms with Crippen molar-refractivity contribution in [2.24, 2.45) is 5.92 Å². The first-order chi connectivity index (χ1) is 10.2. The standard InChI is InChI=1S/C18H27NO2/c1-4-13-6-5-9-18(11-13)12-16(19-2)15-10-14(20-3)7-8-17(15)21-18/h7-8,10,13,16,19H,4-6,9,11-12H2,1-3H3. The zero-order chi connectivity index (χ0) is 14.9. The average molecular weight is 289 g/mol. The molecule has 3 atom stereocenters. The maximum Gasteiger partial charge on any atom is 0.125 e. The number of fused-ring (bicyclic) bond motifs is 1. The summed E-state index contributed by atoms with van der Waals surface area (Å²) in [6.07, 6.45) is 7.38. The number of benzene rings is 1. The molecular weight excluding hydrogens is 262 g/mol. The maximum atomic E-state index is 6.53. The van der Waals surface area contributed by atoms with Crippen molar-refractivity contribution >= 4 is 0 Å². The lowest BCUT2D eigenvalue weighted by molar-refractivity contribution is -0.0208. The van der Waals surface area contributed by atoms with Gasteiger partial charge in [-0.2, -0.15) is 0 Å². The molecule has 1 fully saturated rings. The van der Waals surface area contributed by atoms with Crippen LogP contribution >= 0.6 is 0 Å². The Hall–Kier alpha value is -1.22. The smallest absolute Gasteiger partial charge is 0.125 e. The summed E-state index contributed by atoms with van der Waals surface area (Å²) in [6, 6.07) is 6.56. The van der Waals surface area contributed by atoms with E-state index in [1.807, 2.05) is 13.1 Å². The Bertz CT molecular complexity index is 502. The van der Waals surface area contributed by atoms with Gasteiger partial charge in [0.1, 0.15) is 17.1 Å². The van der Waals surface area contributed by atoms with E-state index in [9.17, 15) is 0 Å². The first-order valence-electron chi connectivity index (χ1n) is 8.24. The van der Waals surface area contributed by atoms with Crippen LogP contribution in [0.2, 0.25) is 0 Å². The highest BCUT2D eigenvalue weighted by atomic mass is 16.5. The minimum absolute atomic E-state index is 0.0359. The SMILES string of the molecule is CCC1CCCC2(C1)CC(NC)c1cc(OC)ccc1O2. The van der Waals surface area contributed by atoms with Gasteiger partial charge in [0.05, 0.1) is 7.11 Å². The second kappa shape index (κ2) is 5.88. The molecule has 0 bridgehead atoms. The van der Waals surface area contributed by atoms with Crippen LogP contribution in [-0.4, -0.2) is 19.8 Å². The van der Waals surface area contributed by atoms with Crippen LogP contribution in [0.3, 0.4) is 0 Å². The van der Waals surface area contributed by atoms with E-state index >= 15 is 0 Å². The van der Waals surface area contributed by atoms with Gasteiger partial charge in [0.15, 0.2) is 0 Å². The van der Waals surface area contributed by atoms with Gasteiger partial charge in [-0.05, 0) is 50.4 Å². The molecule has 0 aromatic heterocycles. The van der Waals surface area contributed by atoms with Gasteiger partial charge in [0.25, 0.3) is 0 Å². The fraction of sp³-hybridized carbons (Fsp3) is 0.667. The van der Waals surface area contributed by atoms with Crippen molar-refractivity contribution in [1.82, 2.24) is 5.32 Å². The summed E-state index contributed by atoms with van der Waals surface area (Å²) in [6.45, 7) is 2.31. The zero-order valence-corrected chi connectivity index (χ0v) is 13.4. The predicted octanol–water partition coefficient (Wildman–Crippen LogP) is 4.08. The van der Waals surface area contributed by atoms with Crippen molar-refractivity contribution in [3.8, 4) is 11.5 Å². The van der Waals surface area contributed by atoms with E-state index in [1.54, 1.807) is 7.11 Å². The van der Waals surface area contributed by atoms with Gasteiger partial charge >= 0.3 is 0 Å². The van der Waals surface area contributed by atoms with Crippen molar-refractivity contribution in [3.63, 3.8) is 0 Å². The van der Waals surface area contributed by atoms with Crippen molar-refractivity contribution in [1.29, 1.82) is 0 Å². The molecule has 2 aliphatic rings. The van der Waals surface area contributed by atoms with Gasteiger partial charge in [0, 0.05) is 18.0 Å². The molecule has 3 rings (SSSR count). The van der Waals surface area contributed by atoms with Crippen LogP contribution < -0.4 is 14.8 Å². The molecule has 1 aromatic carbocycles. The van der Waals surface area contributed by atoms with E-state index in [-0.39, 0.29) is 5.60 Å². The van der Waals surface area contributed by atoms with Crippen molar-refractivity contribution in [3.05, 3.63) is 23.8 Å². The van der Waals surface area contributed by atoms with Crippen molar-refractivity contribution in [2.45, 2.75) is 57.1 Å². The molecule has 1 N–H and O–H groups in total. The van der Waals surface area contributed by atoms with Gasteiger partial charge in [0.2, 0.25) is 0 Å². The lowest BCUT2D eigenvalue weighted by Gasteiger charge is -2.46. The van der Waals surface area contributed by atoms with Crippen LogP contribution in [0, 0.1) is 5.92 Å². The fourth-order valence-electron chi connectivity index (χ4n) is 4.10. The summed E-state index contributed by atoms with van der Waals surface area (Å²) in [4.78, 5) is 0. The van der Waals surface area contributed by atoms with Crippen LogP contribution in [0.1, 0.15) is 57.1 Å². The Balaban J connectivity index is 1.91. The molecular formula is C18H27NO2. The van der Waals surface area contributed by atoms with E-state index in [2.05, 4.69) is 24.4 Å². The molecule has 1 aliphatic carbocycles. The molecule has 1 aliphatic heterocycles. The Labute approximate surface area is 128 Å². The third kappa shape index (κ3) is 2.76. The first-order valence-corrected chi connectivity index (χ1v) is 8.24. The lowest BCUT2D eigenvalue weighted by Crippen LogP contribution is -2.46. The van der Waals surface area contributed by atoms with E-state index < -0.39 is 0 Å². The Morgan fingerprint density at radius 3 is 2.95 bits per heavy atom. The number of hydrogen-bond donors (Lipinski definition) is 1. The summed E-state index contributed by atoms with van der Waals surface area (Å²) in [5, 5.41) is 3.48. The van der Waals surface area contributed by atoms with Gasteiger partial charge < -0.3 is 14.8 Å². The molecule has 3 heteroatoms. The summed E-state index contributed by atoms with van der Waals surface area (Å²) in [5.74, 6) is 2.76. The number of nitrogens with one attached hydrogen (secondary N) is 1. The molecule has 21 heavy (non-hydrogen) atoms. The second-order valence-corrected chi connectivity index (χ2v) is 6.60. The summed E-state index contributed by atoms with van der Waals surface area (Å²) in [7, 11) is 3.77. The summed E-state index contributed by atoms with van der Waals surface area (Å²) < 4.78 is 11.9. The van der Waals surface area contributed by atoms with E-state index in [0.717, 1.165) is 23.8 Å². The number of hydrogen-bond acceptors (Lipinski definition) is 3. The first kappa shape index (κ1) is 14.7. The van der Waals surface area contributed by atoms with Crippen LogP contribution in [0.25, 0.3) is 0 Å². The molecule has 1 heterocycles. The van der Waals surface area contributed by atoms with Crippen LogP contribution in [0.15, 0.2) is 18.2 Å². The lowest BCUT2D eigenvalue weighted by atomic mass is 9.72. The Morgan fingerprint density at radius 1 is 1.38 bits per heavy atom. The quantitative estimate of drug-likeness (QED) is 0.909. The normalized spacial score (nSPS) is 31.6. The molecule has 116 valence electrons. The third-order valence-corrected chi connectivity index (χ3v) is 5.33. The van der Waals surface area contributed by atoms with Crippen LogP contribution in [0.5, 0.6) is 11.5 Å². The molecule has 1 aromatic rings. The minimum atomic E-state index is 0.0359. The highest BCUT2D eigenvalue weighted by molar-refractivity contribution is 5.44. The zero-order valence-electron chi connectivity index (χ0n) is 13.4. The van der Waals surface area contributed by atoms with Gasteiger partial charge in [-0.15, -0.1) is 0 Å². The highest BCUT2D eigenvalue weighted by Crippen LogP contribution is 2.48. The second-order valence-electron chi connectivity index (χ2n) is 6.60. The molecule has 3 unspecified atom stereocenters. The van der Waals surface area contributed by atoms with Crippen molar-refractivity contribution < 1.29 is 9.47 Å². The third-order valence-electron chi connectivity index (χ3n) is 5.33. The van der Waals surface area contributed by atoms with Crippen LogP contribution in [-0.2, 0) is 0 Å². The topological polar surface area (TPSA) is 30.5 Å².